The van der Waals surface area contributed by atoms with Crippen molar-refractivity contribution >= 4 is 17.5 Å². The Kier molecular flexibility index (Phi) is 5.11. The zero-order chi connectivity index (χ0) is 13.5. The molecule has 0 heterocycles. The SMILES string of the molecule is C/C=C/C(=O)Nc1cccc(CN(C)C(C)=O)c1. The Morgan fingerprint density at radius 1 is 1.39 bits per heavy atom. The van der Waals surface area contributed by atoms with Gasteiger partial charge in [0.2, 0.25) is 11.8 Å². The predicted octanol–water partition coefficient (Wildman–Crippen LogP) is 2.18. The third kappa shape index (κ3) is 4.41. The lowest BCUT2D eigenvalue weighted by Gasteiger charge is -2.15. The number of hydrogen-bond acceptors (Lipinski definition) is 2. The van der Waals surface area contributed by atoms with Crippen molar-refractivity contribution in [2.75, 3.05) is 12.4 Å². The molecular weight excluding hydrogens is 228 g/mol. The van der Waals surface area contributed by atoms with E-state index in [0.29, 0.717) is 6.54 Å². The molecule has 4 heteroatoms. The monoisotopic (exact) mass is 246 g/mol. The summed E-state index contributed by atoms with van der Waals surface area (Å²) >= 11 is 0. The van der Waals surface area contributed by atoms with Gasteiger partial charge in [0.15, 0.2) is 0 Å². The largest absolute Gasteiger partial charge is 0.342 e. The van der Waals surface area contributed by atoms with Crippen LogP contribution in [0.1, 0.15) is 19.4 Å². The summed E-state index contributed by atoms with van der Waals surface area (Å²) in [5, 5.41) is 2.76. The first-order valence-corrected chi connectivity index (χ1v) is 5.77. The van der Waals surface area contributed by atoms with Gasteiger partial charge in [-0.3, -0.25) is 9.59 Å². The third-order valence-corrected chi connectivity index (χ3v) is 2.47. The average Bonchev–Trinajstić information content (AvgIpc) is 2.29. The van der Waals surface area contributed by atoms with Crippen LogP contribution in [0.2, 0.25) is 0 Å². The van der Waals surface area contributed by atoms with Crippen LogP contribution in [0.3, 0.4) is 0 Å². The van der Waals surface area contributed by atoms with Crippen LogP contribution in [0, 0.1) is 0 Å². The molecule has 0 radical (unpaired) electrons. The van der Waals surface area contributed by atoms with Gasteiger partial charge >= 0.3 is 0 Å². The van der Waals surface area contributed by atoms with Crippen molar-refractivity contribution in [3.05, 3.63) is 42.0 Å². The van der Waals surface area contributed by atoms with Crippen LogP contribution >= 0.6 is 0 Å². The molecule has 0 unspecified atom stereocenters. The van der Waals surface area contributed by atoms with Gasteiger partial charge in [-0.05, 0) is 30.7 Å². The molecule has 2 amide bonds. The van der Waals surface area contributed by atoms with E-state index in [0.717, 1.165) is 11.3 Å². The van der Waals surface area contributed by atoms with Crippen LogP contribution in [-0.2, 0) is 16.1 Å². The van der Waals surface area contributed by atoms with E-state index in [9.17, 15) is 9.59 Å². The van der Waals surface area contributed by atoms with E-state index in [4.69, 9.17) is 0 Å². The highest BCUT2D eigenvalue weighted by atomic mass is 16.2. The number of rotatable bonds is 4. The Balaban J connectivity index is 2.73. The normalized spacial score (nSPS) is 10.4. The van der Waals surface area contributed by atoms with Gasteiger partial charge in [-0.25, -0.2) is 0 Å². The van der Waals surface area contributed by atoms with Crippen molar-refractivity contribution in [1.82, 2.24) is 4.90 Å². The number of allylic oxidation sites excluding steroid dienone is 1. The molecule has 96 valence electrons. The zero-order valence-corrected chi connectivity index (χ0v) is 10.9. The molecular formula is C14H18N2O2. The smallest absolute Gasteiger partial charge is 0.248 e. The molecule has 1 N–H and O–H groups in total. The van der Waals surface area contributed by atoms with Gasteiger partial charge in [-0.15, -0.1) is 0 Å². The lowest BCUT2D eigenvalue weighted by Crippen LogP contribution is -2.23. The highest BCUT2D eigenvalue weighted by Gasteiger charge is 2.04. The van der Waals surface area contributed by atoms with Crippen molar-refractivity contribution in [1.29, 1.82) is 0 Å². The molecule has 0 saturated heterocycles. The summed E-state index contributed by atoms with van der Waals surface area (Å²) < 4.78 is 0. The average molecular weight is 246 g/mol. The molecule has 0 fully saturated rings. The molecule has 0 aliphatic heterocycles. The predicted molar refractivity (Wildman–Crippen MR) is 72.0 cm³/mol. The van der Waals surface area contributed by atoms with Crippen molar-refractivity contribution < 1.29 is 9.59 Å². The second kappa shape index (κ2) is 6.59. The van der Waals surface area contributed by atoms with E-state index in [-0.39, 0.29) is 11.8 Å². The Bertz CT molecular complexity index is 467. The maximum atomic E-state index is 11.4. The molecule has 0 aromatic heterocycles. The number of nitrogens with one attached hydrogen (secondary N) is 1. The molecule has 0 spiro atoms. The fraction of sp³-hybridized carbons (Fsp3) is 0.286. The van der Waals surface area contributed by atoms with Crippen LogP contribution < -0.4 is 5.32 Å². The van der Waals surface area contributed by atoms with Gasteiger partial charge in [-0.1, -0.05) is 18.2 Å². The number of carbonyl (C=O) groups excluding carboxylic acids is 2. The van der Waals surface area contributed by atoms with E-state index in [2.05, 4.69) is 5.32 Å². The Morgan fingerprint density at radius 3 is 2.72 bits per heavy atom. The Hall–Kier alpha value is -2.10. The van der Waals surface area contributed by atoms with Crippen LogP contribution in [0.25, 0.3) is 0 Å². The first-order chi connectivity index (χ1) is 8.52. The topological polar surface area (TPSA) is 49.4 Å². The second-order valence-electron chi connectivity index (χ2n) is 4.06. The van der Waals surface area contributed by atoms with E-state index in [1.807, 2.05) is 24.3 Å². The molecule has 1 aromatic carbocycles. The van der Waals surface area contributed by atoms with Crippen LogP contribution in [-0.4, -0.2) is 23.8 Å². The van der Waals surface area contributed by atoms with E-state index < -0.39 is 0 Å². The zero-order valence-electron chi connectivity index (χ0n) is 10.9. The lowest BCUT2D eigenvalue weighted by molar-refractivity contribution is -0.128. The minimum Gasteiger partial charge on any atom is -0.342 e. The first kappa shape index (κ1) is 14.0. The molecule has 0 saturated carbocycles. The Labute approximate surface area is 107 Å². The molecule has 18 heavy (non-hydrogen) atoms. The van der Waals surface area contributed by atoms with Crippen molar-refractivity contribution in [2.24, 2.45) is 0 Å². The van der Waals surface area contributed by atoms with Gasteiger partial charge < -0.3 is 10.2 Å². The highest BCUT2D eigenvalue weighted by molar-refractivity contribution is 5.99. The summed E-state index contributed by atoms with van der Waals surface area (Å²) in [6.45, 7) is 3.85. The van der Waals surface area contributed by atoms with Crippen LogP contribution in [0.15, 0.2) is 36.4 Å². The molecule has 1 aromatic rings. The molecule has 0 aliphatic carbocycles. The quantitative estimate of drug-likeness (QED) is 0.828. The summed E-state index contributed by atoms with van der Waals surface area (Å²) in [4.78, 5) is 24.2. The van der Waals surface area contributed by atoms with Gasteiger partial charge in [-0.2, -0.15) is 0 Å². The van der Waals surface area contributed by atoms with E-state index in [1.54, 1.807) is 24.9 Å². The van der Waals surface area contributed by atoms with Gasteiger partial charge in [0, 0.05) is 26.2 Å². The summed E-state index contributed by atoms with van der Waals surface area (Å²) in [5.74, 6) is -0.145. The highest BCUT2D eigenvalue weighted by Crippen LogP contribution is 2.12. The summed E-state index contributed by atoms with van der Waals surface area (Å²) in [6, 6.07) is 7.46. The standard InChI is InChI=1S/C14H18N2O2/c1-4-6-14(18)15-13-8-5-7-12(9-13)10-16(3)11(2)17/h4-9H,10H2,1-3H3,(H,15,18)/b6-4+. The fourth-order valence-electron chi connectivity index (χ4n) is 1.47. The number of anilines is 1. The fourth-order valence-corrected chi connectivity index (χ4v) is 1.47. The number of nitrogens with zero attached hydrogens (tertiary/aromatic N) is 1. The van der Waals surface area contributed by atoms with Crippen molar-refractivity contribution in [3.8, 4) is 0 Å². The molecule has 1 rings (SSSR count). The molecule has 0 bridgehead atoms. The lowest BCUT2D eigenvalue weighted by atomic mass is 10.2. The minimum absolute atomic E-state index is 0.0124. The summed E-state index contributed by atoms with van der Waals surface area (Å²) in [7, 11) is 1.74. The molecule has 4 nitrogen and oxygen atoms in total. The number of hydrogen-bond donors (Lipinski definition) is 1. The third-order valence-electron chi connectivity index (χ3n) is 2.47. The summed E-state index contributed by atoms with van der Waals surface area (Å²) in [6.07, 6.45) is 3.15. The second-order valence-corrected chi connectivity index (χ2v) is 4.06. The first-order valence-electron chi connectivity index (χ1n) is 5.77. The van der Waals surface area contributed by atoms with Crippen molar-refractivity contribution in [2.45, 2.75) is 20.4 Å². The Morgan fingerprint density at radius 2 is 2.11 bits per heavy atom. The number of amides is 2. The number of carbonyl (C=O) groups is 2. The number of benzene rings is 1. The molecule has 0 atom stereocenters. The summed E-state index contributed by atoms with van der Waals surface area (Å²) in [5.41, 5.74) is 1.71. The van der Waals surface area contributed by atoms with Crippen molar-refractivity contribution in [3.63, 3.8) is 0 Å². The minimum atomic E-state index is -0.158. The molecule has 0 aliphatic rings. The maximum absolute atomic E-state index is 11.4. The van der Waals surface area contributed by atoms with E-state index >= 15 is 0 Å². The van der Waals surface area contributed by atoms with Gasteiger partial charge in [0.1, 0.15) is 0 Å². The van der Waals surface area contributed by atoms with Gasteiger partial charge in [0.05, 0.1) is 0 Å². The van der Waals surface area contributed by atoms with Gasteiger partial charge in [0.25, 0.3) is 0 Å². The van der Waals surface area contributed by atoms with Crippen LogP contribution in [0.4, 0.5) is 5.69 Å². The maximum Gasteiger partial charge on any atom is 0.248 e. The van der Waals surface area contributed by atoms with Crippen LogP contribution in [0.5, 0.6) is 0 Å². The van der Waals surface area contributed by atoms with E-state index in [1.165, 1.54) is 13.0 Å².